The third kappa shape index (κ3) is 2.95. The zero-order valence-corrected chi connectivity index (χ0v) is 12.5. The predicted molar refractivity (Wildman–Crippen MR) is 84.9 cm³/mol. The average molecular weight is 280 g/mol. The highest BCUT2D eigenvalue weighted by molar-refractivity contribution is 5.84. The lowest BCUT2D eigenvalue weighted by Gasteiger charge is -2.08. The van der Waals surface area contributed by atoms with Gasteiger partial charge in [-0.15, -0.1) is 0 Å². The third-order valence-corrected chi connectivity index (χ3v) is 3.73. The summed E-state index contributed by atoms with van der Waals surface area (Å²) in [5.74, 6) is 0. The van der Waals surface area contributed by atoms with Gasteiger partial charge in [-0.2, -0.15) is 5.10 Å². The van der Waals surface area contributed by atoms with Crippen molar-refractivity contribution in [2.24, 2.45) is 7.05 Å². The van der Waals surface area contributed by atoms with E-state index in [0.29, 0.717) is 0 Å². The van der Waals surface area contributed by atoms with Crippen LogP contribution < -0.4 is 5.32 Å². The van der Waals surface area contributed by atoms with E-state index in [1.807, 2.05) is 24.1 Å². The number of benzene rings is 1. The first kappa shape index (κ1) is 13.8. The van der Waals surface area contributed by atoms with Crippen LogP contribution in [-0.2, 0) is 26.6 Å². The SMILES string of the molecule is CCc1nn(C)cc1CNCc1cccc2cnccc12. The molecule has 0 radical (unpaired) electrons. The van der Waals surface area contributed by atoms with Crippen LogP contribution in [0.2, 0.25) is 0 Å². The zero-order valence-electron chi connectivity index (χ0n) is 12.5. The van der Waals surface area contributed by atoms with Crippen LogP contribution in [0.3, 0.4) is 0 Å². The molecule has 1 N–H and O–H groups in total. The van der Waals surface area contributed by atoms with Crippen LogP contribution in [0.1, 0.15) is 23.7 Å². The fourth-order valence-electron chi connectivity index (χ4n) is 2.70. The van der Waals surface area contributed by atoms with Gasteiger partial charge in [0, 0.05) is 49.7 Å². The molecular formula is C17H20N4. The molecule has 0 aliphatic carbocycles. The van der Waals surface area contributed by atoms with Crippen molar-refractivity contribution in [1.29, 1.82) is 0 Å². The molecule has 0 aliphatic rings. The van der Waals surface area contributed by atoms with Crippen LogP contribution in [-0.4, -0.2) is 14.8 Å². The molecule has 21 heavy (non-hydrogen) atoms. The second-order valence-electron chi connectivity index (χ2n) is 5.25. The summed E-state index contributed by atoms with van der Waals surface area (Å²) in [4.78, 5) is 4.18. The lowest BCUT2D eigenvalue weighted by molar-refractivity contribution is 0.691. The highest BCUT2D eigenvalue weighted by atomic mass is 15.3. The topological polar surface area (TPSA) is 42.7 Å². The van der Waals surface area contributed by atoms with Gasteiger partial charge in [0.1, 0.15) is 0 Å². The smallest absolute Gasteiger partial charge is 0.0666 e. The molecule has 0 aliphatic heterocycles. The van der Waals surface area contributed by atoms with Crippen LogP contribution >= 0.6 is 0 Å². The van der Waals surface area contributed by atoms with Gasteiger partial charge < -0.3 is 5.32 Å². The molecule has 0 saturated carbocycles. The summed E-state index contributed by atoms with van der Waals surface area (Å²) in [7, 11) is 1.97. The van der Waals surface area contributed by atoms with E-state index in [0.717, 1.165) is 19.5 Å². The summed E-state index contributed by atoms with van der Waals surface area (Å²) in [6.45, 7) is 3.83. The number of aryl methyl sites for hydroxylation is 2. The number of hydrogen-bond acceptors (Lipinski definition) is 3. The molecule has 2 heterocycles. The minimum absolute atomic E-state index is 0.846. The maximum absolute atomic E-state index is 4.47. The molecular weight excluding hydrogens is 260 g/mol. The molecule has 0 unspecified atom stereocenters. The van der Waals surface area contributed by atoms with Crippen molar-refractivity contribution in [2.45, 2.75) is 26.4 Å². The second-order valence-corrected chi connectivity index (χ2v) is 5.25. The van der Waals surface area contributed by atoms with E-state index in [1.165, 1.54) is 27.6 Å². The average Bonchev–Trinajstić information content (AvgIpc) is 2.87. The molecule has 0 spiro atoms. The number of aromatic nitrogens is 3. The summed E-state index contributed by atoms with van der Waals surface area (Å²) in [6, 6.07) is 8.43. The maximum atomic E-state index is 4.47. The predicted octanol–water partition coefficient (Wildman–Crippen LogP) is 2.82. The Morgan fingerprint density at radius 3 is 2.86 bits per heavy atom. The second kappa shape index (κ2) is 6.06. The van der Waals surface area contributed by atoms with Gasteiger partial charge >= 0.3 is 0 Å². The Hall–Kier alpha value is -2.20. The lowest BCUT2D eigenvalue weighted by Crippen LogP contribution is -2.13. The molecule has 0 bridgehead atoms. The van der Waals surface area contributed by atoms with Crippen molar-refractivity contribution >= 4 is 10.8 Å². The molecule has 3 aromatic rings. The zero-order chi connectivity index (χ0) is 14.7. The van der Waals surface area contributed by atoms with Crippen molar-refractivity contribution in [1.82, 2.24) is 20.1 Å². The first-order chi connectivity index (χ1) is 10.3. The minimum atomic E-state index is 0.846. The van der Waals surface area contributed by atoms with Gasteiger partial charge in [-0.25, -0.2) is 0 Å². The fraction of sp³-hybridized carbons (Fsp3) is 0.294. The highest BCUT2D eigenvalue weighted by Gasteiger charge is 2.06. The van der Waals surface area contributed by atoms with Crippen molar-refractivity contribution in [3.8, 4) is 0 Å². The van der Waals surface area contributed by atoms with Crippen LogP contribution in [0.4, 0.5) is 0 Å². The molecule has 0 saturated heterocycles. The lowest BCUT2D eigenvalue weighted by atomic mass is 10.1. The Morgan fingerprint density at radius 1 is 1.14 bits per heavy atom. The summed E-state index contributed by atoms with van der Waals surface area (Å²) >= 11 is 0. The molecule has 1 aromatic carbocycles. The van der Waals surface area contributed by atoms with Gasteiger partial charge in [-0.05, 0) is 23.4 Å². The molecule has 108 valence electrons. The summed E-state index contributed by atoms with van der Waals surface area (Å²) in [5.41, 5.74) is 3.76. The monoisotopic (exact) mass is 280 g/mol. The molecule has 4 heteroatoms. The Balaban J connectivity index is 1.72. The van der Waals surface area contributed by atoms with E-state index in [1.54, 1.807) is 0 Å². The first-order valence-corrected chi connectivity index (χ1v) is 7.31. The third-order valence-electron chi connectivity index (χ3n) is 3.73. The Morgan fingerprint density at radius 2 is 2.00 bits per heavy atom. The van der Waals surface area contributed by atoms with E-state index < -0.39 is 0 Å². The molecule has 0 fully saturated rings. The Bertz CT molecular complexity index is 740. The number of nitrogens with zero attached hydrogens (tertiary/aromatic N) is 3. The number of nitrogens with one attached hydrogen (secondary N) is 1. The quantitative estimate of drug-likeness (QED) is 0.781. The Labute approximate surface area is 124 Å². The summed E-state index contributed by atoms with van der Waals surface area (Å²) in [5, 5.41) is 10.5. The van der Waals surface area contributed by atoms with Crippen molar-refractivity contribution in [3.63, 3.8) is 0 Å². The summed E-state index contributed by atoms with van der Waals surface area (Å²) in [6.07, 6.45) is 6.83. The number of pyridine rings is 1. The van der Waals surface area contributed by atoms with Crippen LogP contribution in [0.25, 0.3) is 10.8 Å². The maximum Gasteiger partial charge on any atom is 0.0666 e. The standard InChI is InChI=1S/C17H20N4/c1-3-17-15(12-21(2)20-17)11-19-10-14-6-4-5-13-9-18-8-7-16(13)14/h4-9,12,19H,3,10-11H2,1-2H3. The van der Waals surface area contributed by atoms with Gasteiger partial charge in [-0.3, -0.25) is 9.67 Å². The van der Waals surface area contributed by atoms with Gasteiger partial charge in [0.05, 0.1) is 5.69 Å². The van der Waals surface area contributed by atoms with E-state index >= 15 is 0 Å². The number of rotatable bonds is 5. The molecule has 2 aromatic heterocycles. The molecule has 0 atom stereocenters. The Kier molecular flexibility index (Phi) is 3.97. The normalized spacial score (nSPS) is 11.1. The van der Waals surface area contributed by atoms with E-state index in [4.69, 9.17) is 0 Å². The van der Waals surface area contributed by atoms with Crippen LogP contribution in [0, 0.1) is 0 Å². The van der Waals surface area contributed by atoms with Gasteiger partial charge in [0.15, 0.2) is 0 Å². The molecule has 4 nitrogen and oxygen atoms in total. The van der Waals surface area contributed by atoms with Crippen LogP contribution in [0.5, 0.6) is 0 Å². The fourth-order valence-corrected chi connectivity index (χ4v) is 2.70. The van der Waals surface area contributed by atoms with Crippen molar-refractivity contribution in [2.75, 3.05) is 0 Å². The van der Waals surface area contributed by atoms with E-state index in [9.17, 15) is 0 Å². The van der Waals surface area contributed by atoms with E-state index in [2.05, 4.69) is 52.8 Å². The molecule has 0 amide bonds. The minimum Gasteiger partial charge on any atom is -0.308 e. The number of hydrogen-bond donors (Lipinski definition) is 1. The van der Waals surface area contributed by atoms with Gasteiger partial charge in [0.2, 0.25) is 0 Å². The van der Waals surface area contributed by atoms with Crippen molar-refractivity contribution < 1.29 is 0 Å². The van der Waals surface area contributed by atoms with Gasteiger partial charge in [-0.1, -0.05) is 25.1 Å². The highest BCUT2D eigenvalue weighted by Crippen LogP contribution is 2.17. The summed E-state index contributed by atoms with van der Waals surface area (Å²) < 4.78 is 1.89. The van der Waals surface area contributed by atoms with Gasteiger partial charge in [0.25, 0.3) is 0 Å². The number of fused-ring (bicyclic) bond motifs is 1. The van der Waals surface area contributed by atoms with Crippen LogP contribution in [0.15, 0.2) is 42.9 Å². The van der Waals surface area contributed by atoms with E-state index in [-0.39, 0.29) is 0 Å². The first-order valence-electron chi connectivity index (χ1n) is 7.31. The largest absolute Gasteiger partial charge is 0.308 e. The molecule has 3 rings (SSSR count). The van der Waals surface area contributed by atoms with Crippen molar-refractivity contribution in [3.05, 3.63) is 59.7 Å².